The predicted molar refractivity (Wildman–Crippen MR) is 156 cm³/mol. The predicted octanol–water partition coefficient (Wildman–Crippen LogP) is 9.28. The van der Waals surface area contributed by atoms with Gasteiger partial charge in [0.25, 0.3) is 0 Å². The second-order valence-corrected chi connectivity index (χ2v) is 14.6. The SMILES string of the molecule is CC[C@H](CC(C)C)C[C@@H](C)[C@@H]1CC[C@H]2[C@H]3CC=C4C[C@@H](OC(=O)c5cccnc5)CC[C@]4(C)[C@@H]3CC[C@@]21C. The molecular weight excluding hydrogens is 466 g/mol. The third-order valence-electron chi connectivity index (χ3n) is 12.1. The van der Waals surface area contributed by atoms with Crippen LogP contribution in [0, 0.1) is 52.3 Å². The van der Waals surface area contributed by atoms with Gasteiger partial charge in [0.15, 0.2) is 0 Å². The van der Waals surface area contributed by atoms with Crippen molar-refractivity contribution in [2.45, 2.75) is 118 Å². The summed E-state index contributed by atoms with van der Waals surface area (Å²) >= 11 is 0. The Hall–Kier alpha value is -1.64. The van der Waals surface area contributed by atoms with Gasteiger partial charge in [0.05, 0.1) is 5.56 Å². The minimum absolute atomic E-state index is 0.00139. The van der Waals surface area contributed by atoms with E-state index >= 15 is 0 Å². The number of nitrogens with zero attached hydrogens (tertiary/aromatic N) is 1. The van der Waals surface area contributed by atoms with Crippen LogP contribution in [-0.4, -0.2) is 17.1 Å². The number of pyridine rings is 1. The van der Waals surface area contributed by atoms with E-state index in [1.807, 2.05) is 0 Å². The third kappa shape index (κ3) is 5.13. The number of aromatic nitrogens is 1. The van der Waals surface area contributed by atoms with E-state index in [4.69, 9.17) is 4.74 Å². The lowest BCUT2D eigenvalue weighted by atomic mass is 9.47. The van der Waals surface area contributed by atoms with Crippen molar-refractivity contribution in [3.05, 3.63) is 41.7 Å². The van der Waals surface area contributed by atoms with Crippen LogP contribution in [0.5, 0.6) is 0 Å². The molecule has 0 radical (unpaired) electrons. The molecule has 3 heteroatoms. The van der Waals surface area contributed by atoms with E-state index in [0.717, 1.165) is 60.7 Å². The quantitative estimate of drug-likeness (QED) is 0.254. The van der Waals surface area contributed by atoms with E-state index in [0.29, 0.717) is 11.0 Å². The zero-order valence-electron chi connectivity index (χ0n) is 25.0. The second kappa shape index (κ2) is 11.1. The Morgan fingerprint density at radius 2 is 1.89 bits per heavy atom. The topological polar surface area (TPSA) is 39.2 Å². The largest absolute Gasteiger partial charge is 0.458 e. The molecule has 0 aromatic carbocycles. The number of carbonyl (C=O) groups excluding carboxylic acids is 1. The zero-order valence-corrected chi connectivity index (χ0v) is 25.0. The number of esters is 1. The summed E-state index contributed by atoms with van der Waals surface area (Å²) in [5.74, 6) is 5.75. The van der Waals surface area contributed by atoms with Crippen molar-refractivity contribution in [3.8, 4) is 0 Å². The van der Waals surface area contributed by atoms with Gasteiger partial charge >= 0.3 is 5.97 Å². The molecule has 3 saturated carbocycles. The summed E-state index contributed by atoms with van der Waals surface area (Å²) in [6.07, 6.45) is 20.1. The van der Waals surface area contributed by atoms with Gasteiger partial charge < -0.3 is 4.74 Å². The van der Waals surface area contributed by atoms with Crippen molar-refractivity contribution in [1.29, 1.82) is 0 Å². The Bertz CT molecular complexity index is 1000. The van der Waals surface area contributed by atoms with Crippen LogP contribution in [0.4, 0.5) is 0 Å². The van der Waals surface area contributed by atoms with Crippen LogP contribution in [0.25, 0.3) is 0 Å². The fraction of sp³-hybridized carbons (Fsp3) is 0.771. The highest BCUT2D eigenvalue weighted by Gasteiger charge is 2.59. The Labute approximate surface area is 232 Å². The Kier molecular flexibility index (Phi) is 8.14. The molecule has 0 unspecified atom stereocenters. The van der Waals surface area contributed by atoms with Crippen molar-refractivity contribution < 1.29 is 9.53 Å². The van der Waals surface area contributed by atoms with Crippen molar-refractivity contribution in [2.75, 3.05) is 0 Å². The van der Waals surface area contributed by atoms with Gasteiger partial charge in [-0.05, 0) is 122 Å². The van der Waals surface area contributed by atoms with Crippen LogP contribution in [0.2, 0.25) is 0 Å². The van der Waals surface area contributed by atoms with Crippen molar-refractivity contribution in [3.63, 3.8) is 0 Å². The molecule has 0 N–H and O–H groups in total. The molecule has 9 atom stereocenters. The molecule has 4 aliphatic carbocycles. The Balaban J connectivity index is 1.26. The number of carbonyl (C=O) groups is 1. The minimum Gasteiger partial charge on any atom is -0.458 e. The lowest BCUT2D eigenvalue weighted by Gasteiger charge is -2.58. The van der Waals surface area contributed by atoms with Crippen LogP contribution in [0.15, 0.2) is 36.2 Å². The molecule has 1 heterocycles. The number of allylic oxidation sites excluding steroid dienone is 1. The normalized spacial score (nSPS) is 38.0. The third-order valence-corrected chi connectivity index (χ3v) is 12.1. The monoisotopic (exact) mass is 519 g/mol. The van der Waals surface area contributed by atoms with Crippen LogP contribution < -0.4 is 0 Å². The van der Waals surface area contributed by atoms with E-state index in [-0.39, 0.29) is 17.5 Å². The van der Waals surface area contributed by atoms with Gasteiger partial charge in [-0.1, -0.05) is 59.6 Å². The molecule has 3 fully saturated rings. The molecule has 210 valence electrons. The molecule has 4 aliphatic rings. The maximum atomic E-state index is 12.7. The van der Waals surface area contributed by atoms with E-state index < -0.39 is 0 Å². The van der Waals surface area contributed by atoms with Gasteiger partial charge in [0, 0.05) is 18.8 Å². The van der Waals surface area contributed by atoms with E-state index in [9.17, 15) is 4.79 Å². The molecule has 5 rings (SSSR count). The molecule has 0 spiro atoms. The van der Waals surface area contributed by atoms with Crippen molar-refractivity contribution in [2.24, 2.45) is 52.3 Å². The average Bonchev–Trinajstić information content (AvgIpc) is 3.26. The molecule has 0 bridgehead atoms. The van der Waals surface area contributed by atoms with Crippen LogP contribution in [0.3, 0.4) is 0 Å². The van der Waals surface area contributed by atoms with Gasteiger partial charge in [-0.2, -0.15) is 0 Å². The Morgan fingerprint density at radius 1 is 1.08 bits per heavy atom. The van der Waals surface area contributed by atoms with Crippen molar-refractivity contribution >= 4 is 5.97 Å². The van der Waals surface area contributed by atoms with Gasteiger partial charge in [0.1, 0.15) is 6.10 Å². The van der Waals surface area contributed by atoms with Gasteiger partial charge in [-0.25, -0.2) is 4.79 Å². The molecule has 0 aliphatic heterocycles. The van der Waals surface area contributed by atoms with Gasteiger partial charge in [0.2, 0.25) is 0 Å². The summed E-state index contributed by atoms with van der Waals surface area (Å²) in [4.78, 5) is 16.8. The summed E-state index contributed by atoms with van der Waals surface area (Å²) in [7, 11) is 0. The van der Waals surface area contributed by atoms with Crippen LogP contribution >= 0.6 is 0 Å². The summed E-state index contributed by atoms with van der Waals surface area (Å²) in [6, 6.07) is 3.60. The fourth-order valence-corrected chi connectivity index (χ4v) is 10.2. The average molecular weight is 520 g/mol. The number of ether oxygens (including phenoxy) is 1. The standard InChI is InChI=1S/C35H53NO2/c1-7-25(19-23(2)3)20-24(4)30-12-13-31-29-11-10-27-21-28(38-33(37)26-9-8-18-36-22-26)14-16-34(27,5)32(29)15-17-35(30,31)6/h8-10,18,22-25,28-32H,7,11-17,19-21H2,1-6H3/t24-,25-,28+,29-,30+,31+,32-,34+,35-/m1/s1. The van der Waals surface area contributed by atoms with Crippen LogP contribution in [0.1, 0.15) is 123 Å². The van der Waals surface area contributed by atoms with Gasteiger partial charge in [-0.3, -0.25) is 4.98 Å². The van der Waals surface area contributed by atoms with Crippen LogP contribution in [-0.2, 0) is 4.74 Å². The summed E-state index contributed by atoms with van der Waals surface area (Å²) in [5.41, 5.74) is 2.95. The number of rotatable bonds is 8. The maximum Gasteiger partial charge on any atom is 0.339 e. The Morgan fingerprint density at radius 3 is 2.61 bits per heavy atom. The minimum atomic E-state index is -0.223. The molecular formula is C35H53NO2. The smallest absolute Gasteiger partial charge is 0.339 e. The number of fused-ring (bicyclic) bond motifs is 5. The maximum absolute atomic E-state index is 12.7. The zero-order chi connectivity index (χ0) is 27.1. The molecule has 0 saturated heterocycles. The van der Waals surface area contributed by atoms with E-state index in [1.165, 1.54) is 51.4 Å². The first-order valence-electron chi connectivity index (χ1n) is 16.0. The first kappa shape index (κ1) is 27.9. The van der Waals surface area contributed by atoms with E-state index in [2.05, 4.69) is 52.6 Å². The summed E-state index contributed by atoms with van der Waals surface area (Å²) in [5, 5.41) is 0. The van der Waals surface area contributed by atoms with E-state index in [1.54, 1.807) is 30.1 Å². The molecule has 0 amide bonds. The fourth-order valence-electron chi connectivity index (χ4n) is 10.2. The highest BCUT2D eigenvalue weighted by Crippen LogP contribution is 2.67. The first-order valence-corrected chi connectivity index (χ1v) is 16.0. The highest BCUT2D eigenvalue weighted by atomic mass is 16.5. The molecule has 1 aromatic rings. The van der Waals surface area contributed by atoms with Crippen molar-refractivity contribution in [1.82, 2.24) is 4.98 Å². The number of hydrogen-bond donors (Lipinski definition) is 0. The number of hydrogen-bond acceptors (Lipinski definition) is 3. The lowest BCUT2D eigenvalue weighted by Crippen LogP contribution is -2.51. The molecule has 3 nitrogen and oxygen atoms in total. The summed E-state index contributed by atoms with van der Waals surface area (Å²) < 4.78 is 5.98. The first-order chi connectivity index (χ1) is 18.2. The van der Waals surface area contributed by atoms with Gasteiger partial charge in [-0.15, -0.1) is 0 Å². The second-order valence-electron chi connectivity index (χ2n) is 14.6. The summed E-state index contributed by atoms with van der Waals surface area (Å²) in [6.45, 7) is 15.1. The molecule has 38 heavy (non-hydrogen) atoms. The highest BCUT2D eigenvalue weighted by molar-refractivity contribution is 5.89. The lowest BCUT2D eigenvalue weighted by molar-refractivity contribution is -0.0602. The molecule has 1 aromatic heterocycles.